The summed E-state index contributed by atoms with van der Waals surface area (Å²) in [6.07, 6.45) is -4.79. The first-order valence-corrected chi connectivity index (χ1v) is 9.82. The zero-order chi connectivity index (χ0) is 22.3. The molecule has 1 aromatic carbocycles. The van der Waals surface area contributed by atoms with Gasteiger partial charge in [0.1, 0.15) is 5.82 Å². The van der Waals surface area contributed by atoms with E-state index in [0.717, 1.165) is 16.5 Å². The Morgan fingerprint density at radius 3 is 2.55 bits per heavy atom. The van der Waals surface area contributed by atoms with Crippen LogP contribution >= 0.6 is 11.6 Å². The van der Waals surface area contributed by atoms with Crippen molar-refractivity contribution < 1.29 is 27.6 Å². The van der Waals surface area contributed by atoms with E-state index in [-0.39, 0.29) is 29.8 Å². The Bertz CT molecular complexity index is 1000. The molecule has 0 spiro atoms. The summed E-state index contributed by atoms with van der Waals surface area (Å²) < 4.78 is 38.2. The summed E-state index contributed by atoms with van der Waals surface area (Å²) in [5.41, 5.74) is -0.103. The number of halogens is 4. The number of carbonyl (C=O) groups excluding carboxylic acids is 2. The third-order valence-electron chi connectivity index (χ3n) is 5.34. The van der Waals surface area contributed by atoms with Crippen molar-refractivity contribution in [3.8, 4) is 0 Å². The molecule has 0 unspecified atom stereocenters. The van der Waals surface area contributed by atoms with Crippen LogP contribution in [0.3, 0.4) is 0 Å². The standard InChI is InChI=1S/C20H18ClF3N4O3/c1-27-15(11-5-3-2-4-6-11)14-16(31-27)19(30)28(18(14)29)8-7-25-17-13(21)9-12(10-26-17)20(22,23)24/h2-6,9-10,14-16H,7-8H2,1H3,(H,25,26)/t14-,15+,16-/m0/s1. The Morgan fingerprint density at radius 1 is 1.19 bits per heavy atom. The van der Waals surface area contributed by atoms with E-state index in [1.54, 1.807) is 7.05 Å². The van der Waals surface area contributed by atoms with Gasteiger partial charge in [-0.2, -0.15) is 18.2 Å². The lowest BCUT2D eigenvalue weighted by molar-refractivity contribution is -0.169. The number of amides is 2. The molecule has 2 amide bonds. The molecule has 2 aliphatic rings. The molecular weight excluding hydrogens is 437 g/mol. The van der Waals surface area contributed by atoms with Crippen LogP contribution in [0, 0.1) is 5.92 Å². The molecule has 7 nitrogen and oxygen atoms in total. The third kappa shape index (κ3) is 3.98. The topological polar surface area (TPSA) is 74.8 Å². The number of hydrogen-bond acceptors (Lipinski definition) is 6. The Balaban J connectivity index is 1.43. The fourth-order valence-corrected chi connectivity index (χ4v) is 4.14. The quantitative estimate of drug-likeness (QED) is 0.700. The maximum absolute atomic E-state index is 13.0. The van der Waals surface area contributed by atoms with Crippen molar-refractivity contribution in [2.45, 2.75) is 18.3 Å². The maximum Gasteiger partial charge on any atom is 0.417 e. The highest BCUT2D eigenvalue weighted by Gasteiger charge is 2.58. The van der Waals surface area contributed by atoms with Gasteiger partial charge in [0.2, 0.25) is 5.91 Å². The molecule has 0 aliphatic carbocycles. The van der Waals surface area contributed by atoms with E-state index in [0.29, 0.717) is 6.20 Å². The fraction of sp³-hybridized carbons (Fsp3) is 0.350. The van der Waals surface area contributed by atoms with E-state index in [4.69, 9.17) is 16.4 Å². The monoisotopic (exact) mass is 454 g/mol. The highest BCUT2D eigenvalue weighted by Crippen LogP contribution is 2.43. The number of carbonyl (C=O) groups is 2. The van der Waals surface area contributed by atoms with Gasteiger partial charge in [0.25, 0.3) is 5.91 Å². The van der Waals surface area contributed by atoms with Crippen LogP contribution in [0.5, 0.6) is 0 Å². The van der Waals surface area contributed by atoms with Crippen LogP contribution in [-0.2, 0) is 20.6 Å². The van der Waals surface area contributed by atoms with Crippen molar-refractivity contribution in [3.63, 3.8) is 0 Å². The molecule has 1 aromatic heterocycles. The van der Waals surface area contributed by atoms with Gasteiger partial charge in [-0.3, -0.25) is 19.3 Å². The Morgan fingerprint density at radius 2 is 1.90 bits per heavy atom. The van der Waals surface area contributed by atoms with Gasteiger partial charge < -0.3 is 5.32 Å². The molecule has 0 radical (unpaired) electrons. The van der Waals surface area contributed by atoms with Gasteiger partial charge >= 0.3 is 6.18 Å². The van der Waals surface area contributed by atoms with Crippen molar-refractivity contribution in [2.75, 3.05) is 25.5 Å². The van der Waals surface area contributed by atoms with E-state index >= 15 is 0 Å². The average Bonchev–Trinajstić information content (AvgIpc) is 3.18. The second kappa shape index (κ2) is 8.10. The number of alkyl halides is 3. The predicted molar refractivity (Wildman–Crippen MR) is 105 cm³/mol. The molecule has 2 saturated heterocycles. The van der Waals surface area contributed by atoms with Gasteiger partial charge in [-0.15, -0.1) is 0 Å². The van der Waals surface area contributed by atoms with Crippen molar-refractivity contribution in [1.82, 2.24) is 14.9 Å². The SMILES string of the molecule is CN1O[C@@H]2C(=O)N(CCNc3ncc(C(F)(F)F)cc3Cl)C(=O)[C@H]2[C@H]1c1ccccc1. The first-order chi connectivity index (χ1) is 14.7. The van der Waals surface area contributed by atoms with E-state index in [1.165, 1.54) is 5.06 Å². The number of hydroxylamine groups is 2. The van der Waals surface area contributed by atoms with Crippen molar-refractivity contribution >= 4 is 29.2 Å². The van der Waals surface area contributed by atoms with Crippen LogP contribution in [0.1, 0.15) is 17.2 Å². The second-order valence-corrected chi connectivity index (χ2v) is 7.67. The number of hydrogen-bond donors (Lipinski definition) is 1. The van der Waals surface area contributed by atoms with E-state index in [9.17, 15) is 22.8 Å². The highest BCUT2D eigenvalue weighted by atomic mass is 35.5. The zero-order valence-electron chi connectivity index (χ0n) is 16.3. The van der Waals surface area contributed by atoms with Crippen LogP contribution in [0.25, 0.3) is 0 Å². The predicted octanol–water partition coefficient (Wildman–Crippen LogP) is 3.14. The second-order valence-electron chi connectivity index (χ2n) is 7.26. The molecule has 2 aliphatic heterocycles. The molecule has 31 heavy (non-hydrogen) atoms. The molecule has 3 atom stereocenters. The van der Waals surface area contributed by atoms with Gasteiger partial charge in [-0.05, 0) is 11.6 Å². The largest absolute Gasteiger partial charge is 0.417 e. The number of pyridine rings is 1. The summed E-state index contributed by atoms with van der Waals surface area (Å²) in [4.78, 5) is 36.2. The number of aromatic nitrogens is 1. The number of fused-ring (bicyclic) bond motifs is 1. The highest BCUT2D eigenvalue weighted by molar-refractivity contribution is 6.33. The van der Waals surface area contributed by atoms with Crippen LogP contribution in [0.15, 0.2) is 42.6 Å². The number of anilines is 1. The fourth-order valence-electron chi connectivity index (χ4n) is 3.90. The molecule has 2 fully saturated rings. The maximum atomic E-state index is 13.0. The lowest BCUT2D eigenvalue weighted by Gasteiger charge is -2.24. The lowest BCUT2D eigenvalue weighted by atomic mass is 9.91. The third-order valence-corrected chi connectivity index (χ3v) is 5.62. The summed E-state index contributed by atoms with van der Waals surface area (Å²) in [5, 5.41) is 4.09. The normalized spacial score (nSPS) is 24.0. The molecule has 4 rings (SSSR count). The van der Waals surface area contributed by atoms with Crippen molar-refractivity contribution in [3.05, 3.63) is 58.7 Å². The summed E-state index contributed by atoms with van der Waals surface area (Å²) in [6.45, 7) is 0.0686. The molecular formula is C20H18ClF3N4O3. The van der Waals surface area contributed by atoms with Crippen LogP contribution < -0.4 is 5.32 Å². The van der Waals surface area contributed by atoms with E-state index < -0.39 is 35.7 Å². The van der Waals surface area contributed by atoms with Gasteiger partial charge in [0.05, 0.1) is 22.5 Å². The molecule has 0 saturated carbocycles. The Kier molecular flexibility index (Phi) is 5.63. The summed E-state index contributed by atoms with van der Waals surface area (Å²) in [5.74, 6) is -1.45. The zero-order valence-corrected chi connectivity index (χ0v) is 17.0. The van der Waals surface area contributed by atoms with Crippen LogP contribution in [-0.4, -0.2) is 53.0 Å². The summed E-state index contributed by atoms with van der Waals surface area (Å²) in [6, 6.07) is 9.66. The minimum Gasteiger partial charge on any atom is -0.367 e. The minimum absolute atomic E-state index is 0.00170. The van der Waals surface area contributed by atoms with Gasteiger partial charge in [0, 0.05) is 26.3 Å². The summed E-state index contributed by atoms with van der Waals surface area (Å²) in [7, 11) is 1.68. The molecule has 3 heterocycles. The first kappa shape index (κ1) is 21.5. The average molecular weight is 455 g/mol. The van der Waals surface area contributed by atoms with Crippen molar-refractivity contribution in [2.24, 2.45) is 5.92 Å². The van der Waals surface area contributed by atoms with Gasteiger partial charge in [-0.25, -0.2) is 4.98 Å². The Labute approximate surface area is 180 Å². The number of benzene rings is 1. The summed E-state index contributed by atoms with van der Waals surface area (Å²) >= 11 is 5.87. The van der Waals surface area contributed by atoms with Crippen LogP contribution in [0.4, 0.5) is 19.0 Å². The minimum atomic E-state index is -4.55. The van der Waals surface area contributed by atoms with Gasteiger partial charge in [0.15, 0.2) is 6.10 Å². The van der Waals surface area contributed by atoms with E-state index in [2.05, 4.69) is 10.3 Å². The molecule has 2 aromatic rings. The smallest absolute Gasteiger partial charge is 0.367 e. The Hall–Kier alpha value is -2.69. The van der Waals surface area contributed by atoms with Crippen LogP contribution in [0.2, 0.25) is 5.02 Å². The number of nitrogens with one attached hydrogen (secondary N) is 1. The number of likely N-dealkylation sites (tertiary alicyclic amines) is 1. The lowest BCUT2D eigenvalue weighted by Crippen LogP contribution is -2.39. The molecule has 1 N–H and O–H groups in total. The van der Waals surface area contributed by atoms with E-state index in [1.807, 2.05) is 30.3 Å². The van der Waals surface area contributed by atoms with Crippen molar-refractivity contribution in [1.29, 1.82) is 0 Å². The molecule has 0 bridgehead atoms. The molecule has 11 heteroatoms. The number of rotatable bonds is 5. The first-order valence-electron chi connectivity index (χ1n) is 9.45. The molecule has 164 valence electrons. The number of nitrogens with zero attached hydrogens (tertiary/aromatic N) is 3. The number of imide groups is 1. The van der Waals surface area contributed by atoms with Gasteiger partial charge in [-0.1, -0.05) is 41.9 Å².